The normalized spacial score (nSPS) is 13.6. The van der Waals surface area contributed by atoms with E-state index in [-0.39, 0.29) is 0 Å². The summed E-state index contributed by atoms with van der Waals surface area (Å²) < 4.78 is 9.32. The van der Waals surface area contributed by atoms with Gasteiger partial charge >= 0.3 is 0 Å². The van der Waals surface area contributed by atoms with E-state index in [9.17, 15) is 0 Å². The first-order valence-corrected chi connectivity index (χ1v) is 18.4. The number of hydrogen-bond donors (Lipinski definition) is 0. The van der Waals surface area contributed by atoms with E-state index >= 15 is 0 Å². The minimum Gasteiger partial charge on any atom is -0.457 e. The molecule has 0 unspecified atom stereocenters. The largest absolute Gasteiger partial charge is 0.457 e. The zero-order chi connectivity index (χ0) is 34.7. The molecule has 0 atom stereocenters. The van der Waals surface area contributed by atoms with Crippen LogP contribution in [-0.4, -0.2) is 4.57 Å². The zero-order valence-corrected chi connectivity index (χ0v) is 28.8. The summed E-state index contributed by atoms with van der Waals surface area (Å²) in [5.74, 6) is 1.80. The first-order valence-electron chi connectivity index (χ1n) is 18.4. The highest BCUT2D eigenvalue weighted by Gasteiger charge is 2.51. The van der Waals surface area contributed by atoms with Crippen LogP contribution in [0.15, 0.2) is 188 Å². The third-order valence-corrected chi connectivity index (χ3v) is 11.8. The first-order chi connectivity index (χ1) is 26.3. The summed E-state index contributed by atoms with van der Waals surface area (Å²) in [7, 11) is 0. The lowest BCUT2D eigenvalue weighted by Gasteiger charge is -2.39. The molecule has 0 amide bonds. The van der Waals surface area contributed by atoms with Crippen molar-refractivity contribution in [2.24, 2.45) is 0 Å². The molecule has 10 aromatic rings. The fourth-order valence-electron chi connectivity index (χ4n) is 9.73. The lowest BCUT2D eigenvalue weighted by atomic mass is 9.65. The van der Waals surface area contributed by atoms with Gasteiger partial charge in [0, 0.05) is 38.4 Å². The van der Waals surface area contributed by atoms with Crippen molar-refractivity contribution in [1.29, 1.82) is 0 Å². The lowest BCUT2D eigenvalue weighted by Crippen LogP contribution is -2.32. The van der Waals surface area contributed by atoms with Crippen LogP contribution in [0.4, 0.5) is 0 Å². The van der Waals surface area contributed by atoms with Gasteiger partial charge in [0.05, 0.1) is 16.4 Å². The van der Waals surface area contributed by atoms with Gasteiger partial charge in [0.25, 0.3) is 0 Å². The molecule has 2 heteroatoms. The van der Waals surface area contributed by atoms with E-state index in [1.165, 1.54) is 87.9 Å². The van der Waals surface area contributed by atoms with Crippen molar-refractivity contribution < 1.29 is 4.74 Å². The molecule has 0 saturated carbocycles. The number of nitrogens with zero attached hydrogens (tertiary/aromatic N) is 1. The van der Waals surface area contributed by atoms with Crippen molar-refractivity contribution in [2.75, 3.05) is 0 Å². The Morgan fingerprint density at radius 1 is 0.377 bits per heavy atom. The average Bonchev–Trinajstić information content (AvgIpc) is 3.73. The van der Waals surface area contributed by atoms with Gasteiger partial charge in [-0.2, -0.15) is 0 Å². The lowest BCUT2D eigenvalue weighted by molar-refractivity contribution is 0.436. The van der Waals surface area contributed by atoms with Crippen LogP contribution < -0.4 is 4.74 Å². The van der Waals surface area contributed by atoms with E-state index in [1.54, 1.807) is 0 Å². The number of aromatic nitrogens is 1. The number of hydrogen-bond acceptors (Lipinski definition) is 1. The van der Waals surface area contributed by atoms with Crippen LogP contribution in [0.1, 0.15) is 22.3 Å². The number of rotatable bonds is 2. The Bertz CT molecular complexity index is 3100. The second kappa shape index (κ2) is 10.6. The second-order valence-corrected chi connectivity index (χ2v) is 14.4. The SMILES string of the molecule is c1ccc(-n2c3c4ccccc4ccc3c3c(-c4ccc5c(c4)C4(c6ccccc6O5)c5ccccc5-c5ccccc54)cc4ccccc4c32)cc1. The summed E-state index contributed by atoms with van der Waals surface area (Å²) in [6.45, 7) is 0. The molecule has 0 radical (unpaired) electrons. The van der Waals surface area contributed by atoms with Crippen LogP contribution in [0.5, 0.6) is 11.5 Å². The summed E-state index contributed by atoms with van der Waals surface area (Å²) in [4.78, 5) is 0. The highest BCUT2D eigenvalue weighted by Crippen LogP contribution is 2.62. The van der Waals surface area contributed by atoms with E-state index < -0.39 is 5.41 Å². The standard InChI is InChI=1S/C51H31NO/c1-2-16-35(17-3-1)52-49-36-18-6-4-14-32(36)26-28-40(49)48-41(30-33-15-5-7-19-37(33)50(48)52)34-27-29-47-45(31-34)51(44-24-12-13-25-46(44)53-47)42-22-10-8-20-38(42)39-21-9-11-23-43(39)51/h1-31H. The zero-order valence-electron chi connectivity index (χ0n) is 28.8. The van der Waals surface area contributed by atoms with Gasteiger partial charge in [-0.3, -0.25) is 0 Å². The highest BCUT2D eigenvalue weighted by atomic mass is 16.5. The van der Waals surface area contributed by atoms with Gasteiger partial charge in [0.2, 0.25) is 0 Å². The van der Waals surface area contributed by atoms with Gasteiger partial charge in [-0.05, 0) is 80.6 Å². The number of para-hydroxylation sites is 2. The molecule has 2 heterocycles. The third kappa shape index (κ3) is 3.72. The van der Waals surface area contributed by atoms with Gasteiger partial charge in [-0.15, -0.1) is 0 Å². The molecule has 9 aromatic carbocycles. The van der Waals surface area contributed by atoms with E-state index in [0.717, 1.165) is 17.2 Å². The van der Waals surface area contributed by atoms with Crippen molar-refractivity contribution in [3.8, 4) is 39.4 Å². The molecule has 2 aliphatic rings. The third-order valence-electron chi connectivity index (χ3n) is 11.8. The van der Waals surface area contributed by atoms with Gasteiger partial charge in [0.15, 0.2) is 0 Å². The van der Waals surface area contributed by atoms with Crippen molar-refractivity contribution in [3.05, 3.63) is 210 Å². The Labute approximate surface area is 306 Å². The maximum absolute atomic E-state index is 6.82. The van der Waals surface area contributed by atoms with Crippen LogP contribution in [-0.2, 0) is 5.41 Å². The molecular formula is C51H31NO. The minimum atomic E-state index is -0.530. The van der Waals surface area contributed by atoms with Crippen LogP contribution >= 0.6 is 0 Å². The number of benzene rings is 9. The van der Waals surface area contributed by atoms with Gasteiger partial charge in [0.1, 0.15) is 11.5 Å². The van der Waals surface area contributed by atoms with E-state index in [2.05, 4.69) is 193 Å². The average molecular weight is 674 g/mol. The number of fused-ring (bicyclic) bond motifs is 16. The Balaban J connectivity index is 1.24. The molecule has 1 spiro atoms. The monoisotopic (exact) mass is 673 g/mol. The molecule has 2 nitrogen and oxygen atoms in total. The molecule has 1 aromatic heterocycles. The van der Waals surface area contributed by atoms with Gasteiger partial charge in [-0.1, -0.05) is 152 Å². The van der Waals surface area contributed by atoms with Crippen LogP contribution in [0.2, 0.25) is 0 Å². The van der Waals surface area contributed by atoms with Crippen molar-refractivity contribution in [3.63, 3.8) is 0 Å². The van der Waals surface area contributed by atoms with E-state index in [1.807, 2.05) is 0 Å². The molecule has 0 saturated heterocycles. The molecule has 0 fully saturated rings. The van der Waals surface area contributed by atoms with E-state index in [4.69, 9.17) is 4.74 Å². The maximum atomic E-state index is 6.82. The van der Waals surface area contributed by atoms with Crippen molar-refractivity contribution in [2.45, 2.75) is 5.41 Å². The molecule has 0 bridgehead atoms. The minimum absolute atomic E-state index is 0.530. The predicted octanol–water partition coefficient (Wildman–Crippen LogP) is 13.2. The van der Waals surface area contributed by atoms with Crippen molar-refractivity contribution in [1.82, 2.24) is 4.57 Å². The predicted molar refractivity (Wildman–Crippen MR) is 219 cm³/mol. The fraction of sp³-hybridized carbons (Fsp3) is 0.0196. The number of ether oxygens (including phenoxy) is 1. The molecule has 0 N–H and O–H groups in total. The smallest absolute Gasteiger partial charge is 0.132 e. The van der Waals surface area contributed by atoms with Crippen LogP contribution in [0.3, 0.4) is 0 Å². The first kappa shape index (κ1) is 28.8. The Morgan fingerprint density at radius 2 is 0.981 bits per heavy atom. The topological polar surface area (TPSA) is 14.2 Å². The second-order valence-electron chi connectivity index (χ2n) is 14.4. The summed E-state index contributed by atoms with van der Waals surface area (Å²) in [6, 6.07) is 68.9. The summed E-state index contributed by atoms with van der Waals surface area (Å²) >= 11 is 0. The van der Waals surface area contributed by atoms with Gasteiger partial charge < -0.3 is 9.30 Å². The highest BCUT2D eigenvalue weighted by molar-refractivity contribution is 6.28. The molecule has 12 rings (SSSR count). The fourth-order valence-corrected chi connectivity index (χ4v) is 9.73. The molecule has 1 aliphatic heterocycles. The van der Waals surface area contributed by atoms with Crippen molar-refractivity contribution >= 4 is 43.4 Å². The van der Waals surface area contributed by atoms with Crippen LogP contribution in [0, 0.1) is 0 Å². The molecular weight excluding hydrogens is 643 g/mol. The summed E-state index contributed by atoms with van der Waals surface area (Å²) in [5, 5.41) is 7.43. The molecule has 53 heavy (non-hydrogen) atoms. The van der Waals surface area contributed by atoms with Crippen LogP contribution in [0.25, 0.3) is 71.3 Å². The Hall–Kier alpha value is -6.90. The Kier molecular flexibility index (Phi) is 5.73. The van der Waals surface area contributed by atoms with Gasteiger partial charge in [-0.25, -0.2) is 0 Å². The molecule has 246 valence electrons. The van der Waals surface area contributed by atoms with E-state index in [0.29, 0.717) is 0 Å². The maximum Gasteiger partial charge on any atom is 0.132 e. The molecule has 1 aliphatic carbocycles. The summed E-state index contributed by atoms with van der Waals surface area (Å²) in [6.07, 6.45) is 0. The Morgan fingerprint density at radius 3 is 1.75 bits per heavy atom. The quantitative estimate of drug-likeness (QED) is 0.178. The summed E-state index contributed by atoms with van der Waals surface area (Å²) in [5.41, 5.74) is 13.0.